The summed E-state index contributed by atoms with van der Waals surface area (Å²) < 4.78 is 6.28. The van der Waals surface area contributed by atoms with Crippen molar-refractivity contribution < 1.29 is 14.3 Å². The van der Waals surface area contributed by atoms with Gasteiger partial charge in [0.05, 0.1) is 12.0 Å². The van der Waals surface area contributed by atoms with Gasteiger partial charge in [-0.15, -0.1) is 12.4 Å². The Morgan fingerprint density at radius 3 is 2.56 bits per heavy atom. The van der Waals surface area contributed by atoms with E-state index in [4.69, 9.17) is 10.5 Å². The van der Waals surface area contributed by atoms with Crippen LogP contribution in [0.15, 0.2) is 22.7 Å². The molecule has 25 heavy (non-hydrogen) atoms. The number of nitrogens with one attached hydrogen (secondary N) is 1. The summed E-state index contributed by atoms with van der Waals surface area (Å²) in [7, 11) is 1.64. The van der Waals surface area contributed by atoms with Crippen LogP contribution in [0, 0.1) is 12.3 Å². The number of rotatable bonds is 5. The number of ether oxygens (including phenoxy) is 1. The molecule has 0 radical (unpaired) electrons. The Balaban J connectivity index is 0.00000312. The molecule has 1 aliphatic heterocycles. The molecule has 140 valence electrons. The molecule has 0 aliphatic carbocycles. The Labute approximate surface area is 163 Å². The highest BCUT2D eigenvalue weighted by Crippen LogP contribution is 2.31. The first-order chi connectivity index (χ1) is 11.4. The summed E-state index contributed by atoms with van der Waals surface area (Å²) in [5, 5.41) is 2.85. The van der Waals surface area contributed by atoms with Gasteiger partial charge < -0.3 is 20.7 Å². The minimum absolute atomic E-state index is 0. The highest BCUT2D eigenvalue weighted by molar-refractivity contribution is 9.10. The molecule has 0 spiro atoms. The summed E-state index contributed by atoms with van der Waals surface area (Å²) in [5.41, 5.74) is 6.94. The monoisotopic (exact) mass is 433 g/mol. The van der Waals surface area contributed by atoms with Gasteiger partial charge >= 0.3 is 0 Å². The molecule has 1 heterocycles. The lowest BCUT2D eigenvalue weighted by molar-refractivity contribution is -0.147. The molecule has 0 saturated carbocycles. The molecule has 1 saturated heterocycles. The Kier molecular flexibility index (Phi) is 8.34. The molecular weight excluding hydrogens is 410 g/mol. The molecule has 0 unspecified atom stereocenters. The second-order valence-corrected chi connectivity index (χ2v) is 7.18. The number of carbonyl (C=O) groups is 2. The van der Waals surface area contributed by atoms with Crippen LogP contribution in [0.25, 0.3) is 0 Å². The van der Waals surface area contributed by atoms with Crippen molar-refractivity contribution in [1.82, 2.24) is 4.90 Å². The Bertz CT molecular complexity index is 621. The first-order valence-corrected chi connectivity index (χ1v) is 8.77. The SMILES string of the molecule is Cc1cc(Br)ccc1NC(=O)CN(C)C(=O)C1(CN)CCOCC1.Cl. The largest absolute Gasteiger partial charge is 0.381 e. The van der Waals surface area contributed by atoms with Gasteiger partial charge in [-0.25, -0.2) is 0 Å². The molecule has 6 nitrogen and oxygen atoms in total. The van der Waals surface area contributed by atoms with Gasteiger partial charge in [0.2, 0.25) is 11.8 Å². The van der Waals surface area contributed by atoms with Crippen LogP contribution in [0.4, 0.5) is 5.69 Å². The first-order valence-electron chi connectivity index (χ1n) is 7.97. The highest BCUT2D eigenvalue weighted by Gasteiger charge is 2.40. The smallest absolute Gasteiger partial charge is 0.243 e. The van der Waals surface area contributed by atoms with Crippen molar-refractivity contribution in [2.24, 2.45) is 11.1 Å². The van der Waals surface area contributed by atoms with E-state index in [1.54, 1.807) is 7.05 Å². The van der Waals surface area contributed by atoms with E-state index in [-0.39, 0.29) is 37.3 Å². The number of benzene rings is 1. The van der Waals surface area contributed by atoms with Gasteiger partial charge in [0.15, 0.2) is 0 Å². The lowest BCUT2D eigenvalue weighted by atomic mass is 9.79. The zero-order valence-corrected chi connectivity index (χ0v) is 16.9. The van der Waals surface area contributed by atoms with E-state index in [1.807, 2.05) is 25.1 Å². The standard InChI is InChI=1S/C17H24BrN3O3.ClH/c1-12-9-13(18)3-4-14(12)20-15(22)10-21(2)16(23)17(11-19)5-7-24-8-6-17;/h3-4,9H,5-8,10-11,19H2,1-2H3,(H,20,22);1H. The number of nitrogens with two attached hydrogens (primary N) is 1. The summed E-state index contributed by atoms with van der Waals surface area (Å²) in [5.74, 6) is -0.313. The molecule has 1 fully saturated rings. The molecular formula is C17H25BrClN3O3. The van der Waals surface area contributed by atoms with E-state index in [2.05, 4.69) is 21.2 Å². The fourth-order valence-corrected chi connectivity index (χ4v) is 3.39. The Hall–Kier alpha value is -1.15. The molecule has 0 atom stereocenters. The second kappa shape index (κ2) is 9.52. The van der Waals surface area contributed by atoms with Crippen molar-refractivity contribution in [3.05, 3.63) is 28.2 Å². The summed E-state index contributed by atoms with van der Waals surface area (Å²) in [4.78, 5) is 26.5. The number of nitrogens with zero attached hydrogens (tertiary/aromatic N) is 1. The van der Waals surface area contributed by atoms with Crippen LogP contribution in [0.3, 0.4) is 0 Å². The van der Waals surface area contributed by atoms with Crippen molar-refractivity contribution in [3.8, 4) is 0 Å². The average molecular weight is 435 g/mol. The Morgan fingerprint density at radius 2 is 2.00 bits per heavy atom. The summed E-state index contributed by atoms with van der Waals surface area (Å²) in [6.07, 6.45) is 1.19. The number of halogens is 2. The number of carbonyl (C=O) groups excluding carboxylic acids is 2. The number of amides is 2. The van der Waals surface area contributed by atoms with E-state index < -0.39 is 5.41 Å². The molecule has 1 aromatic rings. The number of likely N-dealkylation sites (N-methyl/N-ethyl adjacent to an activating group) is 1. The van der Waals surface area contributed by atoms with E-state index in [9.17, 15) is 9.59 Å². The summed E-state index contributed by atoms with van der Waals surface area (Å²) in [6.45, 7) is 3.24. The van der Waals surface area contributed by atoms with Crippen LogP contribution in [-0.2, 0) is 14.3 Å². The van der Waals surface area contributed by atoms with Crippen molar-refractivity contribution in [1.29, 1.82) is 0 Å². The van der Waals surface area contributed by atoms with Crippen LogP contribution in [0.5, 0.6) is 0 Å². The van der Waals surface area contributed by atoms with E-state index in [0.29, 0.717) is 26.1 Å². The highest BCUT2D eigenvalue weighted by atomic mass is 79.9. The molecule has 0 aromatic heterocycles. The number of hydrogen-bond acceptors (Lipinski definition) is 4. The second-order valence-electron chi connectivity index (χ2n) is 6.27. The number of anilines is 1. The molecule has 3 N–H and O–H groups in total. The van der Waals surface area contributed by atoms with Gasteiger partial charge in [-0.1, -0.05) is 15.9 Å². The lowest BCUT2D eigenvalue weighted by Crippen LogP contribution is -2.51. The van der Waals surface area contributed by atoms with Gasteiger partial charge in [-0.3, -0.25) is 9.59 Å². The van der Waals surface area contributed by atoms with Gasteiger partial charge in [-0.05, 0) is 43.5 Å². The van der Waals surface area contributed by atoms with Crippen LogP contribution >= 0.6 is 28.3 Å². The average Bonchev–Trinajstić information content (AvgIpc) is 2.57. The van der Waals surface area contributed by atoms with Crippen LogP contribution in [-0.4, -0.2) is 50.1 Å². The third kappa shape index (κ3) is 5.41. The summed E-state index contributed by atoms with van der Waals surface area (Å²) >= 11 is 3.39. The van der Waals surface area contributed by atoms with Crippen molar-refractivity contribution >= 4 is 45.8 Å². The van der Waals surface area contributed by atoms with E-state index in [1.165, 1.54) is 4.90 Å². The molecule has 1 aliphatic rings. The normalized spacial score (nSPS) is 15.8. The minimum atomic E-state index is -0.610. The zero-order valence-electron chi connectivity index (χ0n) is 14.5. The molecule has 0 bridgehead atoms. The maximum Gasteiger partial charge on any atom is 0.243 e. The topological polar surface area (TPSA) is 84.7 Å². The maximum absolute atomic E-state index is 12.8. The third-order valence-electron chi connectivity index (χ3n) is 4.48. The van der Waals surface area contributed by atoms with Crippen LogP contribution in [0.2, 0.25) is 0 Å². The zero-order chi connectivity index (χ0) is 17.7. The van der Waals surface area contributed by atoms with Gasteiger partial charge in [0, 0.05) is 37.0 Å². The van der Waals surface area contributed by atoms with Crippen LogP contribution in [0.1, 0.15) is 18.4 Å². The number of aryl methyl sites for hydroxylation is 1. The van der Waals surface area contributed by atoms with Crippen molar-refractivity contribution in [2.75, 3.05) is 38.7 Å². The van der Waals surface area contributed by atoms with Gasteiger partial charge in [0.25, 0.3) is 0 Å². The Morgan fingerprint density at radius 1 is 1.36 bits per heavy atom. The minimum Gasteiger partial charge on any atom is -0.381 e. The third-order valence-corrected chi connectivity index (χ3v) is 4.98. The van der Waals surface area contributed by atoms with E-state index in [0.717, 1.165) is 15.7 Å². The lowest BCUT2D eigenvalue weighted by Gasteiger charge is -2.37. The van der Waals surface area contributed by atoms with Crippen molar-refractivity contribution in [2.45, 2.75) is 19.8 Å². The summed E-state index contributed by atoms with van der Waals surface area (Å²) in [6, 6.07) is 5.62. The quantitative estimate of drug-likeness (QED) is 0.745. The first kappa shape index (κ1) is 21.9. The molecule has 2 rings (SSSR count). The maximum atomic E-state index is 12.8. The molecule has 2 amide bonds. The van der Waals surface area contributed by atoms with Crippen molar-refractivity contribution in [3.63, 3.8) is 0 Å². The predicted molar refractivity (Wildman–Crippen MR) is 104 cm³/mol. The predicted octanol–water partition coefficient (Wildman–Crippen LogP) is 2.33. The molecule has 8 heteroatoms. The fraction of sp³-hybridized carbons (Fsp3) is 0.529. The number of hydrogen-bond donors (Lipinski definition) is 2. The van der Waals surface area contributed by atoms with Crippen LogP contribution < -0.4 is 11.1 Å². The van der Waals surface area contributed by atoms with Gasteiger partial charge in [-0.2, -0.15) is 0 Å². The van der Waals surface area contributed by atoms with Gasteiger partial charge in [0.1, 0.15) is 0 Å². The molecule has 1 aromatic carbocycles. The van der Waals surface area contributed by atoms with E-state index >= 15 is 0 Å². The fourth-order valence-electron chi connectivity index (χ4n) is 2.92.